The average molecular weight is 577 g/mol. The van der Waals surface area contributed by atoms with Gasteiger partial charge in [-0.15, -0.1) is 0 Å². The van der Waals surface area contributed by atoms with Gasteiger partial charge in [0.1, 0.15) is 5.82 Å². The van der Waals surface area contributed by atoms with Crippen LogP contribution in [0.15, 0.2) is 76.3 Å². The first-order valence-electron chi connectivity index (χ1n) is 13.8. The lowest BCUT2D eigenvalue weighted by Gasteiger charge is -2.22. The predicted octanol–water partition coefficient (Wildman–Crippen LogP) is 5.76. The third-order valence-corrected chi connectivity index (χ3v) is 7.62. The molecule has 0 saturated carbocycles. The first-order valence-corrected chi connectivity index (χ1v) is 13.8. The summed E-state index contributed by atoms with van der Waals surface area (Å²) >= 11 is 0. The zero-order valence-corrected chi connectivity index (χ0v) is 23.9. The first-order chi connectivity index (χ1) is 20.3. The smallest absolute Gasteiger partial charge is 0.331 e. The molecule has 1 atom stereocenters. The highest BCUT2D eigenvalue weighted by molar-refractivity contribution is 5.67. The summed E-state index contributed by atoms with van der Waals surface area (Å²) in [6.07, 6.45) is 1.89. The summed E-state index contributed by atoms with van der Waals surface area (Å²) in [5.74, 6) is -1.50. The maximum Gasteiger partial charge on any atom is 0.331 e. The van der Waals surface area contributed by atoms with E-state index < -0.39 is 22.9 Å². The molecule has 0 aliphatic rings. The Hall–Kier alpha value is -4.53. The van der Waals surface area contributed by atoms with Crippen LogP contribution in [0.3, 0.4) is 0 Å². The molecule has 3 aromatic carbocycles. The summed E-state index contributed by atoms with van der Waals surface area (Å²) in [5.41, 5.74) is 0.837. The molecule has 7 nitrogen and oxygen atoms in total. The number of rotatable bonds is 13. The van der Waals surface area contributed by atoms with E-state index in [0.29, 0.717) is 36.9 Å². The maximum atomic E-state index is 15.6. The van der Waals surface area contributed by atoms with Crippen molar-refractivity contribution in [2.45, 2.75) is 52.1 Å². The van der Waals surface area contributed by atoms with Gasteiger partial charge in [0.05, 0.1) is 25.8 Å². The molecule has 0 aliphatic carbocycles. The summed E-state index contributed by atoms with van der Waals surface area (Å²) < 4.78 is 42.9. The maximum absolute atomic E-state index is 15.6. The Bertz CT molecular complexity index is 1640. The van der Waals surface area contributed by atoms with Crippen LogP contribution in [0.1, 0.15) is 47.6 Å². The molecule has 0 unspecified atom stereocenters. The van der Waals surface area contributed by atoms with Crippen LogP contribution in [-0.2, 0) is 22.6 Å². The van der Waals surface area contributed by atoms with E-state index in [1.165, 1.54) is 29.9 Å². The van der Waals surface area contributed by atoms with E-state index in [1.54, 1.807) is 32.0 Å². The molecule has 0 spiro atoms. The van der Waals surface area contributed by atoms with Crippen molar-refractivity contribution in [1.82, 2.24) is 9.13 Å². The number of aromatic nitrogens is 2. The van der Waals surface area contributed by atoms with Gasteiger partial charge in [0.2, 0.25) is 0 Å². The van der Waals surface area contributed by atoms with Gasteiger partial charge in [0.15, 0.2) is 11.6 Å². The minimum atomic E-state index is -0.728. The molecule has 0 bridgehead atoms. The number of hydrogen-bond donors (Lipinski definition) is 0. The Kier molecular flexibility index (Phi) is 10.1. The van der Waals surface area contributed by atoms with Gasteiger partial charge in [0, 0.05) is 29.3 Å². The van der Waals surface area contributed by atoms with Crippen LogP contribution in [-0.4, -0.2) is 29.3 Å². The molecule has 42 heavy (non-hydrogen) atoms. The Morgan fingerprint density at radius 3 is 2.33 bits per heavy atom. The number of halogens is 2. The average Bonchev–Trinajstić information content (AvgIpc) is 2.99. The minimum Gasteiger partial charge on any atom is -0.494 e. The van der Waals surface area contributed by atoms with Gasteiger partial charge in [-0.25, -0.2) is 13.6 Å². The Balaban J connectivity index is 1.90. The fraction of sp³-hybridized carbons (Fsp3) is 0.303. The molecular weight excluding hydrogens is 542 g/mol. The molecule has 0 aliphatic heterocycles. The van der Waals surface area contributed by atoms with Gasteiger partial charge in [-0.3, -0.25) is 18.7 Å². The van der Waals surface area contributed by atoms with Crippen molar-refractivity contribution in [1.29, 1.82) is 0 Å². The topological polar surface area (TPSA) is 79.5 Å². The number of carbonyl (C=O) groups is 1. The van der Waals surface area contributed by atoms with Crippen LogP contribution in [0.5, 0.6) is 5.75 Å². The number of methoxy groups -OCH3 is 1. The molecule has 0 fully saturated rings. The second kappa shape index (κ2) is 13.9. The summed E-state index contributed by atoms with van der Waals surface area (Å²) in [4.78, 5) is 38.7. The normalized spacial score (nSPS) is 11.7. The lowest BCUT2D eigenvalue weighted by molar-refractivity contribution is -0.128. The van der Waals surface area contributed by atoms with Gasteiger partial charge < -0.3 is 9.47 Å². The van der Waals surface area contributed by atoms with E-state index in [2.05, 4.69) is 0 Å². The highest BCUT2D eigenvalue weighted by Crippen LogP contribution is 2.30. The number of aryl methyl sites for hydroxylation is 1. The molecule has 9 heteroatoms. The minimum absolute atomic E-state index is 0.00573. The summed E-state index contributed by atoms with van der Waals surface area (Å²) in [6.45, 7) is 3.87. The third-order valence-electron chi connectivity index (χ3n) is 7.62. The van der Waals surface area contributed by atoms with Crippen LogP contribution in [0, 0.1) is 25.5 Å². The van der Waals surface area contributed by atoms with Crippen LogP contribution < -0.4 is 16.0 Å². The van der Waals surface area contributed by atoms with E-state index in [1.807, 2.05) is 30.3 Å². The molecule has 0 amide bonds. The van der Waals surface area contributed by atoms with Crippen molar-refractivity contribution in [2.75, 3.05) is 13.7 Å². The lowest BCUT2D eigenvalue weighted by atomic mass is 9.93. The summed E-state index contributed by atoms with van der Waals surface area (Å²) in [7, 11) is 1.33. The SMILES string of the molecule is COc1cccc(-c2c(C)n(Cc3c(C)cccc3F)c(=O)n(C[C@H](CCCCOC=O)c3ccccc3)c2=O)c1F. The molecular formula is C33H34F2N2O5. The zero-order valence-electron chi connectivity index (χ0n) is 23.9. The Morgan fingerprint density at radius 1 is 0.905 bits per heavy atom. The van der Waals surface area contributed by atoms with Gasteiger partial charge >= 0.3 is 5.69 Å². The van der Waals surface area contributed by atoms with Crippen LogP contribution >= 0.6 is 0 Å². The monoisotopic (exact) mass is 576 g/mol. The van der Waals surface area contributed by atoms with Crippen molar-refractivity contribution >= 4 is 6.47 Å². The summed E-state index contributed by atoms with van der Waals surface area (Å²) in [6, 6.07) is 18.6. The molecule has 4 rings (SSSR count). The molecule has 0 radical (unpaired) electrons. The second-order valence-corrected chi connectivity index (χ2v) is 10.2. The van der Waals surface area contributed by atoms with E-state index in [9.17, 15) is 18.8 Å². The quantitative estimate of drug-likeness (QED) is 0.150. The third kappa shape index (κ3) is 6.51. The zero-order chi connectivity index (χ0) is 30.2. The van der Waals surface area contributed by atoms with Gasteiger partial charge in [0.25, 0.3) is 12.0 Å². The highest BCUT2D eigenvalue weighted by atomic mass is 19.1. The van der Waals surface area contributed by atoms with Crippen LogP contribution in [0.2, 0.25) is 0 Å². The van der Waals surface area contributed by atoms with Crippen molar-refractivity contribution < 1.29 is 23.0 Å². The van der Waals surface area contributed by atoms with Crippen molar-refractivity contribution in [3.8, 4) is 16.9 Å². The van der Waals surface area contributed by atoms with E-state index in [0.717, 1.165) is 10.1 Å². The predicted molar refractivity (Wildman–Crippen MR) is 157 cm³/mol. The summed E-state index contributed by atoms with van der Waals surface area (Å²) in [5, 5.41) is 0. The number of hydrogen-bond acceptors (Lipinski definition) is 5. The molecule has 1 aromatic heterocycles. The van der Waals surface area contributed by atoms with Gasteiger partial charge in [-0.2, -0.15) is 0 Å². The molecule has 4 aromatic rings. The van der Waals surface area contributed by atoms with Gasteiger partial charge in [-0.05, 0) is 56.4 Å². The number of unbranched alkanes of at least 4 members (excludes halogenated alkanes) is 1. The number of ether oxygens (including phenoxy) is 2. The van der Waals surface area contributed by atoms with Crippen molar-refractivity contribution in [3.05, 3.63) is 122 Å². The standard InChI is InChI=1S/C33H34F2N2O5/c1-22-11-9-16-28(34)27(22)20-36-23(2)30(26-15-10-17-29(41-3)31(26)35)32(39)37(33(36)40)19-25(14-7-8-18-42-21-38)24-12-5-4-6-13-24/h4-6,9-13,15-17,21,25H,7-8,14,18-20H2,1-3H3/t25-/m0/s1. The largest absolute Gasteiger partial charge is 0.494 e. The molecule has 0 N–H and O–H groups in total. The number of carbonyl (C=O) groups excluding carboxylic acids is 1. The Morgan fingerprint density at radius 2 is 1.64 bits per heavy atom. The fourth-order valence-corrected chi connectivity index (χ4v) is 5.28. The molecule has 0 saturated heterocycles. The van der Waals surface area contributed by atoms with E-state index >= 15 is 4.39 Å². The number of benzene rings is 3. The van der Waals surface area contributed by atoms with Crippen LogP contribution in [0.25, 0.3) is 11.1 Å². The number of nitrogens with zero attached hydrogens (tertiary/aromatic N) is 2. The van der Waals surface area contributed by atoms with Crippen molar-refractivity contribution in [2.24, 2.45) is 0 Å². The van der Waals surface area contributed by atoms with E-state index in [-0.39, 0.29) is 48.2 Å². The van der Waals surface area contributed by atoms with Crippen molar-refractivity contribution in [3.63, 3.8) is 0 Å². The van der Waals surface area contributed by atoms with E-state index in [4.69, 9.17) is 9.47 Å². The first kappa shape index (κ1) is 30.4. The lowest BCUT2D eigenvalue weighted by Crippen LogP contribution is -2.43. The highest BCUT2D eigenvalue weighted by Gasteiger charge is 2.25. The molecule has 220 valence electrons. The van der Waals surface area contributed by atoms with Gasteiger partial charge in [-0.1, -0.05) is 54.6 Å². The van der Waals surface area contributed by atoms with Crippen LogP contribution in [0.4, 0.5) is 8.78 Å². The second-order valence-electron chi connectivity index (χ2n) is 10.2. The molecule has 1 heterocycles. The fourth-order valence-electron chi connectivity index (χ4n) is 5.28. The Labute approximate surface area is 243 Å².